The van der Waals surface area contributed by atoms with Crippen molar-refractivity contribution in [3.63, 3.8) is 0 Å². The van der Waals surface area contributed by atoms with Gasteiger partial charge in [-0.3, -0.25) is 4.79 Å². The highest BCUT2D eigenvalue weighted by molar-refractivity contribution is 7.10. The Morgan fingerprint density at radius 3 is 2.36 bits per heavy atom. The minimum Gasteiger partial charge on any atom is -0.445 e. The number of hydrogen-bond acceptors (Lipinski definition) is 2. The summed E-state index contributed by atoms with van der Waals surface area (Å²) in [6.45, 7) is -5.02. The Hall–Kier alpha value is -0.775. The van der Waals surface area contributed by atoms with Crippen LogP contribution in [0.3, 0.4) is 0 Å². The average molecular weight is 179 g/mol. The van der Waals surface area contributed by atoms with Gasteiger partial charge in [0.1, 0.15) is 6.29 Å². The molecule has 0 atom stereocenters. The lowest BCUT2D eigenvalue weighted by Gasteiger charge is -2.12. The number of rotatable bonds is 2. The first kappa shape index (κ1) is 8.32. The molecule has 1 aromatic heterocycles. The summed E-state index contributed by atoms with van der Waals surface area (Å²) >= 11 is 0.882. The van der Waals surface area contributed by atoms with E-state index in [1.165, 1.54) is 5.38 Å². The molecule has 0 aliphatic heterocycles. The third-order valence-corrected chi connectivity index (χ3v) is 1.98. The van der Waals surface area contributed by atoms with Crippen LogP contribution in [0.25, 0.3) is 0 Å². The van der Waals surface area contributed by atoms with E-state index in [1.807, 2.05) is 0 Å². The quantitative estimate of drug-likeness (QED) is 0.497. The van der Waals surface area contributed by atoms with E-state index in [0.29, 0.717) is 0 Å². The zero-order valence-corrected chi connectivity index (χ0v) is 6.08. The van der Waals surface area contributed by atoms with E-state index in [9.17, 15) is 17.7 Å². The van der Waals surface area contributed by atoms with Crippen molar-refractivity contribution in [3.8, 4) is 0 Å². The molecule has 0 aliphatic rings. The number of halogens is 3. The molecule has 0 saturated heterocycles. The molecule has 0 N–H and O–H groups in total. The van der Waals surface area contributed by atoms with Crippen LogP contribution in [0.4, 0.5) is 12.9 Å². The van der Waals surface area contributed by atoms with Crippen LogP contribution in [0.1, 0.15) is 10.4 Å². The van der Waals surface area contributed by atoms with Crippen LogP contribution in [-0.2, 0) is 0 Å². The molecule has 0 unspecified atom stereocenters. The molecule has 1 aromatic rings. The summed E-state index contributed by atoms with van der Waals surface area (Å²) < 4.78 is 35.9. The fourth-order valence-electron chi connectivity index (χ4n) is 0.679. The van der Waals surface area contributed by atoms with E-state index in [0.717, 1.165) is 16.7 Å². The highest BCUT2D eigenvalue weighted by atomic mass is 32.1. The first-order valence-corrected chi connectivity index (χ1v) is 3.71. The van der Waals surface area contributed by atoms with E-state index in [4.69, 9.17) is 0 Å². The summed E-state index contributed by atoms with van der Waals surface area (Å²) in [6, 6.07) is 0. The van der Waals surface area contributed by atoms with Gasteiger partial charge in [0.25, 0.3) is 0 Å². The van der Waals surface area contributed by atoms with Crippen LogP contribution in [-0.4, -0.2) is 13.3 Å². The van der Waals surface area contributed by atoms with Gasteiger partial charge in [0.2, 0.25) is 0 Å². The normalized spacial score (nSPS) is 11.5. The Morgan fingerprint density at radius 2 is 2.00 bits per heavy atom. The lowest BCUT2D eigenvalue weighted by molar-refractivity contribution is 0.112. The molecule has 0 amide bonds. The first-order valence-electron chi connectivity index (χ1n) is 2.77. The summed E-state index contributed by atoms with van der Waals surface area (Å²) in [6.07, 6.45) is 0.223. The van der Waals surface area contributed by atoms with Gasteiger partial charge in [-0.15, -0.1) is 0 Å². The van der Waals surface area contributed by atoms with Gasteiger partial charge in [-0.25, -0.2) is 0 Å². The number of carbonyl (C=O) groups excluding carboxylic acids is 1. The third-order valence-electron chi connectivity index (χ3n) is 1.20. The fourth-order valence-corrected chi connectivity index (χ4v) is 1.52. The highest BCUT2D eigenvalue weighted by Crippen LogP contribution is 2.13. The standard InChI is InChI=1S/C5H3BF3OS/c7-6(8,9)5-3-11-2-4(5)1-10/h1-3H/q-1. The maximum Gasteiger partial charge on any atom is 0.511 e. The van der Waals surface area contributed by atoms with Gasteiger partial charge < -0.3 is 12.9 Å². The summed E-state index contributed by atoms with van der Waals surface area (Å²) in [7, 11) is 0. The van der Waals surface area contributed by atoms with Crippen LogP contribution >= 0.6 is 11.3 Å². The van der Waals surface area contributed by atoms with Crippen LogP contribution < -0.4 is 5.46 Å². The summed E-state index contributed by atoms with van der Waals surface area (Å²) in [5.41, 5.74) is -1.05. The van der Waals surface area contributed by atoms with Crippen LogP contribution in [0.2, 0.25) is 0 Å². The van der Waals surface area contributed by atoms with Gasteiger partial charge in [0, 0.05) is 0 Å². The molecule has 60 valence electrons. The highest BCUT2D eigenvalue weighted by Gasteiger charge is 2.28. The zero-order chi connectivity index (χ0) is 8.48. The SMILES string of the molecule is O=Cc1cscc1[B-](F)(F)F. The van der Waals surface area contributed by atoms with Gasteiger partial charge in [-0.2, -0.15) is 11.3 Å². The van der Waals surface area contributed by atoms with Gasteiger partial charge in [0.15, 0.2) is 0 Å². The minimum atomic E-state index is -5.02. The van der Waals surface area contributed by atoms with Crippen LogP contribution in [0, 0.1) is 0 Å². The van der Waals surface area contributed by atoms with E-state index in [1.54, 1.807) is 0 Å². The molecule has 0 aliphatic carbocycles. The monoisotopic (exact) mass is 179 g/mol. The van der Waals surface area contributed by atoms with Gasteiger partial charge >= 0.3 is 6.98 Å². The molecule has 0 radical (unpaired) electrons. The summed E-state index contributed by atoms with van der Waals surface area (Å²) in [4.78, 5) is 10.1. The fraction of sp³-hybridized carbons (Fsp3) is 0. The van der Waals surface area contributed by atoms with E-state index < -0.39 is 12.4 Å². The third kappa shape index (κ3) is 1.62. The number of hydrogen-bond donors (Lipinski definition) is 0. The maximum atomic E-state index is 12.0. The average Bonchev–Trinajstić information content (AvgIpc) is 2.31. The van der Waals surface area contributed by atoms with Crippen LogP contribution in [0.5, 0.6) is 0 Å². The Bertz CT molecular complexity index is 267. The van der Waals surface area contributed by atoms with Crippen molar-refractivity contribution in [1.82, 2.24) is 0 Å². The van der Waals surface area contributed by atoms with Gasteiger partial charge in [0.05, 0.1) is 0 Å². The Kier molecular flexibility index (Phi) is 2.04. The van der Waals surface area contributed by atoms with Crippen molar-refractivity contribution in [2.45, 2.75) is 0 Å². The Labute approximate surface area is 64.9 Å². The predicted molar refractivity (Wildman–Crippen MR) is 38.4 cm³/mol. The number of aldehydes is 1. The maximum absolute atomic E-state index is 12.0. The second-order valence-corrected chi connectivity index (χ2v) is 2.72. The molecule has 6 heteroatoms. The lowest BCUT2D eigenvalue weighted by Crippen LogP contribution is -2.35. The topological polar surface area (TPSA) is 17.1 Å². The van der Waals surface area contributed by atoms with Crippen molar-refractivity contribution in [3.05, 3.63) is 16.3 Å². The molecular weight excluding hydrogens is 176 g/mol. The molecule has 0 fully saturated rings. The van der Waals surface area contributed by atoms with E-state index in [-0.39, 0.29) is 11.8 Å². The molecule has 0 aromatic carbocycles. The van der Waals surface area contributed by atoms with E-state index >= 15 is 0 Å². The predicted octanol–water partition coefficient (Wildman–Crippen LogP) is 1.61. The van der Waals surface area contributed by atoms with Crippen molar-refractivity contribution >= 4 is 30.1 Å². The molecule has 0 spiro atoms. The number of carbonyl (C=O) groups is 1. The molecular formula is C5H3BF3OS-. The molecule has 0 bridgehead atoms. The Morgan fingerprint density at radius 1 is 1.36 bits per heavy atom. The zero-order valence-electron chi connectivity index (χ0n) is 5.26. The van der Waals surface area contributed by atoms with Crippen molar-refractivity contribution < 1.29 is 17.7 Å². The smallest absolute Gasteiger partial charge is 0.445 e. The number of thiophene rings is 1. The Balaban J connectivity index is 3.12. The van der Waals surface area contributed by atoms with Gasteiger partial charge in [-0.1, -0.05) is 5.46 Å². The molecule has 1 nitrogen and oxygen atoms in total. The van der Waals surface area contributed by atoms with Crippen molar-refractivity contribution in [2.24, 2.45) is 0 Å². The molecule has 1 heterocycles. The van der Waals surface area contributed by atoms with Gasteiger partial charge in [-0.05, 0) is 16.3 Å². The van der Waals surface area contributed by atoms with Crippen LogP contribution in [0.15, 0.2) is 10.8 Å². The molecule has 1 rings (SSSR count). The molecule has 11 heavy (non-hydrogen) atoms. The second-order valence-electron chi connectivity index (χ2n) is 1.98. The molecule has 0 saturated carbocycles. The summed E-state index contributed by atoms with van der Waals surface area (Å²) in [5.74, 6) is 0. The second kappa shape index (κ2) is 2.69. The first-order chi connectivity index (χ1) is 5.05. The minimum absolute atomic E-state index is 0.223. The van der Waals surface area contributed by atoms with Crippen molar-refractivity contribution in [2.75, 3.05) is 0 Å². The van der Waals surface area contributed by atoms with Crippen molar-refractivity contribution in [1.29, 1.82) is 0 Å². The van der Waals surface area contributed by atoms with E-state index in [2.05, 4.69) is 0 Å². The summed E-state index contributed by atoms with van der Waals surface area (Å²) in [5, 5.41) is 2.14. The largest absolute Gasteiger partial charge is 0.511 e. The lowest BCUT2D eigenvalue weighted by atomic mass is 9.80.